The van der Waals surface area contributed by atoms with Crippen molar-refractivity contribution in [3.63, 3.8) is 0 Å². The lowest BCUT2D eigenvalue weighted by atomic mass is 9.92. The van der Waals surface area contributed by atoms with E-state index in [1.165, 1.54) is 0 Å². The molecule has 0 saturated carbocycles. The van der Waals surface area contributed by atoms with Crippen LogP contribution in [0.15, 0.2) is 42.5 Å². The van der Waals surface area contributed by atoms with Crippen molar-refractivity contribution in [3.05, 3.63) is 64.3 Å². The van der Waals surface area contributed by atoms with Crippen LogP contribution in [-0.4, -0.2) is 66.2 Å². The smallest absolute Gasteiger partial charge is 0.410 e. The number of aromatic nitrogens is 1. The zero-order valence-corrected chi connectivity index (χ0v) is 21.0. The topological polar surface area (TPSA) is 113 Å². The summed E-state index contributed by atoms with van der Waals surface area (Å²) in [6, 6.07) is 12.7. The van der Waals surface area contributed by atoms with Gasteiger partial charge in [0.25, 0.3) is 0 Å². The molecule has 0 spiro atoms. The monoisotopic (exact) mass is 515 g/mol. The van der Waals surface area contributed by atoms with Gasteiger partial charge in [-0.1, -0.05) is 23.7 Å². The number of ether oxygens (including phenoxy) is 3. The van der Waals surface area contributed by atoms with Gasteiger partial charge in [-0.15, -0.1) is 0 Å². The molecule has 1 aliphatic rings. The van der Waals surface area contributed by atoms with E-state index in [1.807, 2.05) is 30.3 Å². The summed E-state index contributed by atoms with van der Waals surface area (Å²) in [6.45, 7) is 4.56. The predicted molar refractivity (Wildman–Crippen MR) is 136 cm³/mol. The van der Waals surface area contributed by atoms with E-state index in [9.17, 15) is 14.7 Å². The molecule has 2 amide bonds. The fraction of sp³-hybridized carbons (Fsp3) is 0.385. The van der Waals surface area contributed by atoms with Crippen LogP contribution in [0.3, 0.4) is 0 Å². The maximum Gasteiger partial charge on any atom is 0.410 e. The van der Waals surface area contributed by atoms with Crippen molar-refractivity contribution in [1.82, 2.24) is 15.2 Å². The van der Waals surface area contributed by atoms with Crippen LogP contribution in [-0.2, 0) is 15.9 Å². The number of fused-ring (bicyclic) bond motifs is 3. The van der Waals surface area contributed by atoms with E-state index in [-0.39, 0.29) is 38.5 Å². The lowest BCUT2D eigenvalue weighted by Crippen LogP contribution is -2.41. The van der Waals surface area contributed by atoms with Crippen molar-refractivity contribution < 1.29 is 28.9 Å². The van der Waals surface area contributed by atoms with E-state index in [2.05, 4.69) is 10.3 Å². The second-order valence-corrected chi connectivity index (χ2v) is 8.82. The van der Waals surface area contributed by atoms with Gasteiger partial charge in [0.15, 0.2) is 0 Å². The van der Waals surface area contributed by atoms with Crippen molar-refractivity contribution in [3.8, 4) is 5.75 Å². The number of nitrogens with one attached hydrogen (secondary N) is 2. The molecule has 2 atom stereocenters. The number of H-pyrrole nitrogens is 1. The third-order valence-corrected chi connectivity index (χ3v) is 6.22. The highest BCUT2D eigenvalue weighted by molar-refractivity contribution is 6.31. The molecule has 3 aromatic rings. The van der Waals surface area contributed by atoms with Crippen LogP contribution in [0.1, 0.15) is 36.7 Å². The third kappa shape index (κ3) is 5.68. The quantitative estimate of drug-likeness (QED) is 0.409. The molecule has 3 N–H and O–H groups in total. The molecule has 2 heterocycles. The molecule has 0 saturated heterocycles. The maximum atomic E-state index is 12.8. The van der Waals surface area contributed by atoms with Crippen LogP contribution in [0.25, 0.3) is 10.9 Å². The van der Waals surface area contributed by atoms with Gasteiger partial charge in [-0.25, -0.2) is 9.59 Å². The Morgan fingerprint density at radius 3 is 2.64 bits per heavy atom. The number of aromatic amines is 1. The molecular formula is C26H30ClN3O6. The van der Waals surface area contributed by atoms with Crippen molar-refractivity contribution in [2.45, 2.75) is 32.4 Å². The lowest BCUT2D eigenvalue weighted by Gasteiger charge is -2.35. The summed E-state index contributed by atoms with van der Waals surface area (Å²) in [5, 5.41) is 14.2. The average Bonchev–Trinajstić information content (AvgIpc) is 3.24. The second-order valence-electron chi connectivity index (χ2n) is 8.39. The molecule has 192 valence electrons. The van der Waals surface area contributed by atoms with Gasteiger partial charge < -0.3 is 29.6 Å². The van der Waals surface area contributed by atoms with Gasteiger partial charge in [-0.3, -0.25) is 4.90 Å². The normalized spacial score (nSPS) is 15.8. The lowest BCUT2D eigenvalue weighted by molar-refractivity contribution is 0.0931. The van der Waals surface area contributed by atoms with Gasteiger partial charge in [0.2, 0.25) is 0 Å². The molecule has 0 radical (unpaired) electrons. The van der Waals surface area contributed by atoms with Crippen LogP contribution < -0.4 is 10.1 Å². The zero-order chi connectivity index (χ0) is 25.7. The van der Waals surface area contributed by atoms with Crippen LogP contribution in [0.2, 0.25) is 5.02 Å². The van der Waals surface area contributed by atoms with E-state index in [1.54, 1.807) is 30.9 Å². The summed E-state index contributed by atoms with van der Waals surface area (Å²) in [4.78, 5) is 29.4. The summed E-state index contributed by atoms with van der Waals surface area (Å²) < 4.78 is 15.8. The number of alkyl carbamates (subject to hydrolysis) is 1. The number of carbonyl (C=O) groups excluding carboxylic acids is 2. The standard InChI is InChI=1S/C26H30ClN3O6/c1-3-34-25(32)28-14-18(31)15-36-19-8-5-16(6-9-19)24-23-20(11-12-30(24)26(33)35-4-2)21-13-17(27)7-10-22(21)29-23/h5-10,13,18,24,29,31H,3-4,11-12,14-15H2,1-2H3,(H,28,32)/t18-,24-/m0/s1. The van der Waals surface area contributed by atoms with Gasteiger partial charge in [-0.05, 0) is 61.7 Å². The Labute approximate surface area is 214 Å². The molecule has 0 unspecified atom stereocenters. The number of amides is 2. The minimum Gasteiger partial charge on any atom is -0.491 e. The Hall–Kier alpha value is -3.43. The number of hydrogen-bond donors (Lipinski definition) is 3. The highest BCUT2D eigenvalue weighted by Crippen LogP contribution is 2.39. The van der Waals surface area contributed by atoms with Gasteiger partial charge in [0.05, 0.1) is 19.8 Å². The van der Waals surface area contributed by atoms with Crippen molar-refractivity contribution >= 4 is 34.7 Å². The van der Waals surface area contributed by atoms with E-state index in [0.29, 0.717) is 23.7 Å². The largest absolute Gasteiger partial charge is 0.491 e. The molecule has 0 aliphatic carbocycles. The molecular weight excluding hydrogens is 486 g/mol. The molecule has 0 fully saturated rings. The molecule has 10 heteroatoms. The minimum absolute atomic E-state index is 0.00292. The predicted octanol–water partition coefficient (Wildman–Crippen LogP) is 4.41. The SMILES string of the molecule is CCOC(=O)NC[C@H](O)COc1ccc([C@H]2c3[nH]c4ccc(Cl)cc4c3CCN2C(=O)OCC)cc1. The summed E-state index contributed by atoms with van der Waals surface area (Å²) in [5.41, 5.74) is 3.92. The Balaban J connectivity index is 1.53. The Morgan fingerprint density at radius 2 is 1.92 bits per heavy atom. The highest BCUT2D eigenvalue weighted by Gasteiger charge is 2.35. The first-order valence-electron chi connectivity index (χ1n) is 12.0. The Kier molecular flexibility index (Phi) is 8.22. The average molecular weight is 516 g/mol. The highest BCUT2D eigenvalue weighted by atomic mass is 35.5. The number of nitrogens with zero attached hydrogens (tertiary/aromatic N) is 1. The first kappa shape index (κ1) is 25.7. The van der Waals surface area contributed by atoms with Gasteiger partial charge in [0, 0.05) is 28.2 Å². The zero-order valence-electron chi connectivity index (χ0n) is 20.3. The molecule has 1 aliphatic heterocycles. The number of rotatable bonds is 8. The van der Waals surface area contributed by atoms with E-state index in [4.69, 9.17) is 25.8 Å². The first-order chi connectivity index (χ1) is 17.4. The number of halogens is 1. The van der Waals surface area contributed by atoms with Crippen LogP contribution in [0.5, 0.6) is 5.75 Å². The minimum atomic E-state index is -0.896. The number of benzene rings is 2. The molecule has 0 bridgehead atoms. The Bertz CT molecular complexity index is 1210. The number of hydrogen-bond acceptors (Lipinski definition) is 6. The molecule has 36 heavy (non-hydrogen) atoms. The maximum absolute atomic E-state index is 12.8. The van der Waals surface area contributed by atoms with E-state index < -0.39 is 12.2 Å². The fourth-order valence-electron chi connectivity index (χ4n) is 4.39. The number of carbonyl (C=O) groups is 2. The molecule has 1 aromatic heterocycles. The van der Waals surface area contributed by atoms with Crippen molar-refractivity contribution in [1.29, 1.82) is 0 Å². The first-order valence-corrected chi connectivity index (χ1v) is 12.3. The fourth-order valence-corrected chi connectivity index (χ4v) is 4.56. The summed E-state index contributed by atoms with van der Waals surface area (Å²) in [5.74, 6) is 0.552. The van der Waals surface area contributed by atoms with Crippen molar-refractivity contribution in [2.75, 3.05) is 32.9 Å². The van der Waals surface area contributed by atoms with Crippen LogP contribution >= 0.6 is 11.6 Å². The molecule has 9 nitrogen and oxygen atoms in total. The molecule has 2 aromatic carbocycles. The van der Waals surface area contributed by atoms with Crippen molar-refractivity contribution in [2.24, 2.45) is 0 Å². The van der Waals surface area contributed by atoms with E-state index >= 15 is 0 Å². The van der Waals surface area contributed by atoms with Crippen LogP contribution in [0, 0.1) is 0 Å². The molecule has 4 rings (SSSR count). The second kappa shape index (κ2) is 11.5. The third-order valence-electron chi connectivity index (χ3n) is 5.99. The number of aliphatic hydroxyl groups is 1. The summed E-state index contributed by atoms with van der Waals surface area (Å²) in [6.07, 6.45) is -1.17. The van der Waals surface area contributed by atoms with E-state index in [0.717, 1.165) is 27.7 Å². The van der Waals surface area contributed by atoms with Gasteiger partial charge >= 0.3 is 12.2 Å². The van der Waals surface area contributed by atoms with Gasteiger partial charge in [0.1, 0.15) is 24.5 Å². The summed E-state index contributed by atoms with van der Waals surface area (Å²) in [7, 11) is 0. The summed E-state index contributed by atoms with van der Waals surface area (Å²) >= 11 is 6.25. The van der Waals surface area contributed by atoms with Crippen LogP contribution in [0.4, 0.5) is 9.59 Å². The van der Waals surface area contributed by atoms with Gasteiger partial charge in [-0.2, -0.15) is 0 Å². The number of aliphatic hydroxyl groups excluding tert-OH is 1. The Morgan fingerprint density at radius 1 is 1.17 bits per heavy atom.